The van der Waals surface area contributed by atoms with Crippen molar-refractivity contribution in [3.05, 3.63) is 188 Å². The second kappa shape index (κ2) is 13.3. The Morgan fingerprint density at radius 1 is 0.276 bits per heavy atom. The van der Waals surface area contributed by atoms with Gasteiger partial charge in [0.25, 0.3) is 0 Å². The summed E-state index contributed by atoms with van der Waals surface area (Å²) in [5, 5.41) is 9.53. The smallest absolute Gasteiger partial charge is 0.165 e. The molecule has 3 aromatic heterocycles. The zero-order valence-corrected chi connectivity index (χ0v) is 32.7. The first-order chi connectivity index (χ1) is 28.8. The molecule has 0 unspecified atom stereocenters. The average molecular weight is 774 g/mol. The van der Waals surface area contributed by atoms with Gasteiger partial charge in [0, 0.05) is 57.0 Å². The van der Waals surface area contributed by atoms with Crippen LogP contribution in [0.4, 0.5) is 0 Å². The van der Waals surface area contributed by atoms with Crippen molar-refractivity contribution >= 4 is 84.6 Å². The van der Waals surface area contributed by atoms with Gasteiger partial charge in [0.1, 0.15) is 0 Å². The molecule has 270 valence electrons. The minimum Gasteiger partial charge on any atom is -0.208 e. The van der Waals surface area contributed by atoms with Gasteiger partial charge in [-0.3, -0.25) is 0 Å². The molecule has 0 amide bonds. The quantitative estimate of drug-likeness (QED) is 0.175. The fourth-order valence-electron chi connectivity index (χ4n) is 8.72. The molecule has 0 spiro atoms. The van der Waals surface area contributed by atoms with Crippen LogP contribution in [0.5, 0.6) is 0 Å². The number of hydrogen-bond acceptors (Lipinski definition) is 5. The number of hydrogen-bond donors (Lipinski definition) is 0. The number of aromatic nitrogens is 3. The van der Waals surface area contributed by atoms with E-state index in [9.17, 15) is 0 Å². The summed E-state index contributed by atoms with van der Waals surface area (Å²) in [6.45, 7) is 0. The van der Waals surface area contributed by atoms with Crippen molar-refractivity contribution in [2.75, 3.05) is 0 Å². The van der Waals surface area contributed by atoms with E-state index in [1.165, 1.54) is 62.2 Å². The van der Waals surface area contributed by atoms with E-state index in [1.807, 2.05) is 0 Å². The first-order valence-corrected chi connectivity index (χ1v) is 21.1. The highest BCUT2D eigenvalue weighted by Gasteiger charge is 2.23. The van der Waals surface area contributed by atoms with Crippen LogP contribution >= 0.6 is 22.7 Å². The molecule has 0 radical (unpaired) electrons. The molecule has 0 saturated carbocycles. The number of rotatable bonds is 5. The van der Waals surface area contributed by atoms with Gasteiger partial charge in [-0.25, -0.2) is 15.0 Å². The third kappa shape index (κ3) is 5.21. The van der Waals surface area contributed by atoms with Crippen molar-refractivity contribution < 1.29 is 0 Å². The van der Waals surface area contributed by atoms with E-state index in [4.69, 9.17) is 15.0 Å². The van der Waals surface area contributed by atoms with Gasteiger partial charge in [0.15, 0.2) is 17.5 Å². The van der Waals surface area contributed by atoms with Gasteiger partial charge in [-0.05, 0) is 68.1 Å². The second-order valence-corrected chi connectivity index (χ2v) is 16.8. The average Bonchev–Trinajstić information content (AvgIpc) is 3.87. The molecule has 58 heavy (non-hydrogen) atoms. The molecule has 0 atom stereocenters. The Labute approximate surface area is 342 Å². The lowest BCUT2D eigenvalue weighted by molar-refractivity contribution is 1.08. The van der Waals surface area contributed by atoms with Gasteiger partial charge in [-0.2, -0.15) is 0 Å². The summed E-state index contributed by atoms with van der Waals surface area (Å²) in [4.78, 5) is 16.4. The first-order valence-electron chi connectivity index (χ1n) is 19.4. The standard InChI is InChI=1S/C53H31N3S2/c1-2-14-32(15-3-1)34-30-31-38(37-19-7-6-18-36(34)37)41-29-28-33-16-4-5-17-35(33)48(41)53-55-51(44-24-12-22-42-39-20-8-10-26-46(39)57-49(42)44)54-52(56-53)45-25-13-23-43-40-21-9-11-27-47(40)58-50(43)45/h1-31H. The molecule has 0 fully saturated rings. The van der Waals surface area contributed by atoms with Crippen LogP contribution in [0.1, 0.15) is 0 Å². The summed E-state index contributed by atoms with van der Waals surface area (Å²) in [5.41, 5.74) is 7.63. The zero-order valence-electron chi connectivity index (χ0n) is 31.1. The van der Waals surface area contributed by atoms with E-state index in [1.54, 1.807) is 22.7 Å². The highest BCUT2D eigenvalue weighted by molar-refractivity contribution is 7.26. The van der Waals surface area contributed by atoms with Crippen LogP contribution in [0, 0.1) is 0 Å². The van der Waals surface area contributed by atoms with Crippen LogP contribution < -0.4 is 0 Å². The van der Waals surface area contributed by atoms with Gasteiger partial charge in [-0.1, -0.05) is 164 Å². The Morgan fingerprint density at radius 3 is 1.38 bits per heavy atom. The molecule has 9 aromatic carbocycles. The molecule has 0 aliphatic carbocycles. The van der Waals surface area contributed by atoms with Crippen molar-refractivity contribution in [2.24, 2.45) is 0 Å². The third-order valence-electron chi connectivity index (χ3n) is 11.4. The summed E-state index contributed by atoms with van der Waals surface area (Å²) in [7, 11) is 0. The van der Waals surface area contributed by atoms with Gasteiger partial charge < -0.3 is 0 Å². The van der Waals surface area contributed by atoms with Gasteiger partial charge in [0.2, 0.25) is 0 Å². The summed E-state index contributed by atoms with van der Waals surface area (Å²) in [6, 6.07) is 67.3. The highest BCUT2D eigenvalue weighted by Crippen LogP contribution is 2.45. The fourth-order valence-corrected chi connectivity index (χ4v) is 11.1. The molecule has 0 bridgehead atoms. The number of thiophene rings is 2. The van der Waals surface area contributed by atoms with Crippen LogP contribution in [-0.2, 0) is 0 Å². The minimum atomic E-state index is 0.652. The maximum absolute atomic E-state index is 5.51. The largest absolute Gasteiger partial charge is 0.208 e. The van der Waals surface area contributed by atoms with E-state index in [-0.39, 0.29) is 0 Å². The van der Waals surface area contributed by atoms with Gasteiger partial charge >= 0.3 is 0 Å². The number of benzene rings is 9. The normalized spacial score (nSPS) is 11.8. The van der Waals surface area contributed by atoms with E-state index in [0.717, 1.165) is 38.6 Å². The minimum absolute atomic E-state index is 0.652. The highest BCUT2D eigenvalue weighted by atomic mass is 32.1. The van der Waals surface area contributed by atoms with Crippen molar-refractivity contribution in [2.45, 2.75) is 0 Å². The van der Waals surface area contributed by atoms with E-state index >= 15 is 0 Å². The second-order valence-electron chi connectivity index (χ2n) is 14.6. The number of nitrogens with zero attached hydrogens (tertiary/aromatic N) is 3. The van der Waals surface area contributed by atoms with Gasteiger partial charge in [-0.15, -0.1) is 22.7 Å². The van der Waals surface area contributed by atoms with Crippen molar-refractivity contribution in [3.63, 3.8) is 0 Å². The van der Waals surface area contributed by atoms with E-state index in [0.29, 0.717) is 17.5 Å². The molecule has 0 aliphatic rings. The molecule has 5 heteroatoms. The summed E-state index contributed by atoms with van der Waals surface area (Å²) in [5.74, 6) is 1.98. The monoisotopic (exact) mass is 773 g/mol. The summed E-state index contributed by atoms with van der Waals surface area (Å²) < 4.78 is 4.84. The molecule has 0 N–H and O–H groups in total. The molecule has 3 nitrogen and oxygen atoms in total. The lowest BCUT2D eigenvalue weighted by Gasteiger charge is -2.17. The lowest BCUT2D eigenvalue weighted by atomic mass is 9.88. The molecular weight excluding hydrogens is 743 g/mol. The Bertz CT molecular complexity index is 3450. The van der Waals surface area contributed by atoms with Crippen molar-refractivity contribution in [3.8, 4) is 56.4 Å². The SMILES string of the molecule is c1ccc(-c2ccc(-c3ccc4ccccc4c3-c3nc(-c4cccc5c4sc4ccccc45)nc(-c4cccc5c4sc4ccccc45)n3)c3ccccc23)cc1. The van der Waals surface area contributed by atoms with Crippen LogP contribution in [-0.4, -0.2) is 15.0 Å². The Kier molecular flexibility index (Phi) is 7.58. The molecular formula is C53H31N3S2. The summed E-state index contributed by atoms with van der Waals surface area (Å²) in [6.07, 6.45) is 0. The third-order valence-corrected chi connectivity index (χ3v) is 13.8. The maximum atomic E-state index is 5.51. The van der Waals surface area contributed by atoms with Crippen molar-refractivity contribution in [1.29, 1.82) is 0 Å². The Morgan fingerprint density at radius 2 is 0.741 bits per heavy atom. The van der Waals surface area contributed by atoms with E-state index in [2.05, 4.69) is 188 Å². The Balaban J connectivity index is 1.18. The fraction of sp³-hybridized carbons (Fsp3) is 0. The summed E-state index contributed by atoms with van der Waals surface area (Å²) >= 11 is 3.59. The predicted octanol–water partition coefficient (Wildman–Crippen LogP) is 15.2. The maximum Gasteiger partial charge on any atom is 0.165 e. The number of fused-ring (bicyclic) bond motifs is 8. The van der Waals surface area contributed by atoms with Crippen LogP contribution in [0.3, 0.4) is 0 Å². The van der Waals surface area contributed by atoms with Crippen LogP contribution in [0.25, 0.3) is 118 Å². The van der Waals surface area contributed by atoms with Crippen LogP contribution in [0.2, 0.25) is 0 Å². The molecule has 0 saturated heterocycles. The van der Waals surface area contributed by atoms with Gasteiger partial charge in [0.05, 0.1) is 0 Å². The predicted molar refractivity (Wildman–Crippen MR) is 248 cm³/mol. The molecule has 12 rings (SSSR count). The van der Waals surface area contributed by atoms with Crippen molar-refractivity contribution in [1.82, 2.24) is 15.0 Å². The topological polar surface area (TPSA) is 38.7 Å². The Hall–Kier alpha value is -7.05. The first kappa shape index (κ1) is 33.1. The molecule has 12 aromatic rings. The molecule has 3 heterocycles. The zero-order chi connectivity index (χ0) is 38.2. The molecule has 0 aliphatic heterocycles. The van der Waals surface area contributed by atoms with Crippen LogP contribution in [0.15, 0.2) is 188 Å². The lowest BCUT2D eigenvalue weighted by Crippen LogP contribution is -2.02. The van der Waals surface area contributed by atoms with E-state index < -0.39 is 0 Å².